The van der Waals surface area contributed by atoms with Crippen molar-refractivity contribution >= 4 is 109 Å². The van der Waals surface area contributed by atoms with Crippen LogP contribution >= 0.6 is 58.2 Å². The molecule has 9 rings (SSSR count). The number of ether oxygens (including phenoxy) is 2. The van der Waals surface area contributed by atoms with Crippen LogP contribution in [0.2, 0.25) is 0 Å². The maximum Gasteiger partial charge on any atom is 0.355 e. The Morgan fingerprint density at radius 3 is 2.53 bits per heavy atom. The number of thioether (sulfide) groups is 3. The van der Waals surface area contributed by atoms with Crippen molar-refractivity contribution in [2.45, 2.75) is 59.3 Å². The predicted octanol–water partition coefficient (Wildman–Crippen LogP) is 4.27. The first kappa shape index (κ1) is 47.5. The number of oxime groups is 1. The summed E-state index contributed by atoms with van der Waals surface area (Å²) >= 11 is 6.32. The highest BCUT2D eigenvalue weighted by atomic mass is 32.2. The van der Waals surface area contributed by atoms with Crippen molar-refractivity contribution in [2.75, 3.05) is 62.4 Å². The first-order valence-electron chi connectivity index (χ1n) is 21.7. The van der Waals surface area contributed by atoms with Gasteiger partial charge in [0.15, 0.2) is 21.9 Å². The summed E-state index contributed by atoms with van der Waals surface area (Å²) in [6.07, 6.45) is 5.16. The number of piperazine rings is 1. The number of nitrogen functional groups attached to an aromatic ring is 1. The molecular formula is C43H45FN11O8S5+. The van der Waals surface area contributed by atoms with Gasteiger partial charge < -0.3 is 40.1 Å². The van der Waals surface area contributed by atoms with E-state index < -0.39 is 46.4 Å². The third kappa shape index (κ3) is 9.55. The van der Waals surface area contributed by atoms with E-state index in [2.05, 4.69) is 25.1 Å². The quantitative estimate of drug-likeness (QED) is 0.0295. The van der Waals surface area contributed by atoms with Crippen LogP contribution in [0.25, 0.3) is 22.2 Å². The minimum atomic E-state index is -1.01. The van der Waals surface area contributed by atoms with Gasteiger partial charge in [-0.1, -0.05) is 28.7 Å². The largest absolute Gasteiger partial charge is 0.462 e. The van der Waals surface area contributed by atoms with Gasteiger partial charge in [-0.2, -0.15) is 9.36 Å². The van der Waals surface area contributed by atoms with Gasteiger partial charge in [-0.25, -0.2) is 23.5 Å². The Bertz CT molecular complexity index is 2920. The summed E-state index contributed by atoms with van der Waals surface area (Å²) in [5, 5.41) is 11.8. The number of nitrogens with two attached hydrogens (primary N) is 1. The molecule has 0 radical (unpaired) electrons. The maximum absolute atomic E-state index is 15.4. The number of thiazole rings is 1. The third-order valence-electron chi connectivity index (χ3n) is 11.3. The molecule has 0 bridgehead atoms. The second kappa shape index (κ2) is 20.6. The molecule has 3 atom stereocenters. The van der Waals surface area contributed by atoms with E-state index in [9.17, 15) is 24.0 Å². The summed E-state index contributed by atoms with van der Waals surface area (Å²) in [7, 11) is 1.93. The number of esters is 2. The van der Waals surface area contributed by atoms with Gasteiger partial charge in [-0.15, -0.1) is 23.1 Å². The van der Waals surface area contributed by atoms with E-state index in [4.69, 9.17) is 25.0 Å². The van der Waals surface area contributed by atoms with Crippen LogP contribution < -0.4 is 31.3 Å². The van der Waals surface area contributed by atoms with Crippen molar-refractivity contribution in [3.63, 3.8) is 0 Å². The van der Waals surface area contributed by atoms with Crippen LogP contribution in [-0.4, -0.2) is 116 Å². The Balaban J connectivity index is 0.841. The van der Waals surface area contributed by atoms with Crippen molar-refractivity contribution < 1.29 is 42.4 Å². The number of amides is 2. The van der Waals surface area contributed by atoms with Gasteiger partial charge in [0.05, 0.1) is 40.5 Å². The molecule has 8 heterocycles. The van der Waals surface area contributed by atoms with Crippen LogP contribution in [0.4, 0.5) is 15.2 Å². The molecule has 2 amide bonds. The summed E-state index contributed by atoms with van der Waals surface area (Å²) in [5.41, 5.74) is 7.58. The minimum Gasteiger partial charge on any atom is -0.462 e. The zero-order valence-electron chi connectivity index (χ0n) is 36.9. The molecule has 356 valence electrons. The van der Waals surface area contributed by atoms with Gasteiger partial charge in [0.2, 0.25) is 17.0 Å². The van der Waals surface area contributed by atoms with E-state index in [1.807, 2.05) is 57.9 Å². The van der Waals surface area contributed by atoms with Crippen LogP contribution in [-0.2, 0) is 35.7 Å². The van der Waals surface area contributed by atoms with E-state index in [-0.39, 0.29) is 58.5 Å². The number of nitrogens with one attached hydrogen (secondary N) is 2. The van der Waals surface area contributed by atoms with Gasteiger partial charge >= 0.3 is 11.9 Å². The Morgan fingerprint density at radius 1 is 1.07 bits per heavy atom. The fourth-order valence-electron chi connectivity index (χ4n) is 7.94. The third-order valence-corrected chi connectivity index (χ3v) is 16.5. The second-order valence-corrected chi connectivity index (χ2v) is 21.2. The monoisotopic (exact) mass is 1020 g/mol. The molecule has 2 unspecified atom stereocenters. The second-order valence-electron chi connectivity index (χ2n) is 15.8. The number of halogens is 1. The first-order valence-corrected chi connectivity index (χ1v) is 26.1. The van der Waals surface area contributed by atoms with Crippen molar-refractivity contribution in [3.05, 3.63) is 80.1 Å². The van der Waals surface area contributed by atoms with Gasteiger partial charge in [-0.3, -0.25) is 19.3 Å². The number of aryl methyl sites for hydroxylation is 1. The molecule has 2 saturated heterocycles. The topological polar surface area (TPSA) is 229 Å². The molecule has 25 heteroatoms. The minimum absolute atomic E-state index is 0.000578. The normalized spacial score (nSPS) is 19.0. The fraction of sp³-hybridized carbons (Fsp3) is 0.395. The number of benzene rings is 1. The molecule has 0 spiro atoms. The van der Waals surface area contributed by atoms with E-state index >= 15 is 4.39 Å². The zero-order valence-corrected chi connectivity index (χ0v) is 41.0. The average molecular weight is 1020 g/mol. The summed E-state index contributed by atoms with van der Waals surface area (Å²) in [6, 6.07) is 5.83. The molecule has 4 aliphatic heterocycles. The molecule has 0 aliphatic carbocycles. The number of carbonyl (C=O) groups excluding carboxylic acids is 4. The number of fused-ring (bicyclic) bond motifs is 4. The number of unbranched alkanes of at least 4 members (excludes halogenated alkanes) is 2. The zero-order chi connectivity index (χ0) is 47.6. The lowest BCUT2D eigenvalue weighted by atomic mass is 10.0. The molecule has 0 saturated carbocycles. The average Bonchev–Trinajstić information content (AvgIpc) is 3.99. The highest BCUT2D eigenvalue weighted by Crippen LogP contribution is 2.48. The number of hydrogen-bond acceptors (Lipinski definition) is 20. The highest BCUT2D eigenvalue weighted by Gasteiger charge is 2.55. The number of hydrogen-bond donors (Lipinski definition) is 3. The number of aromatic nitrogens is 5. The number of rotatable bonds is 17. The Kier molecular flexibility index (Phi) is 14.3. The Hall–Kier alpha value is -5.60. The van der Waals surface area contributed by atoms with Gasteiger partial charge in [0, 0.05) is 76.8 Å². The summed E-state index contributed by atoms with van der Waals surface area (Å²) in [5.74, 6) is -3.02. The number of β-lactam (4-membered cyclic amide) rings is 1. The molecule has 19 nitrogen and oxygen atoms in total. The maximum atomic E-state index is 15.4. The summed E-state index contributed by atoms with van der Waals surface area (Å²) in [4.78, 5) is 86.4. The molecule has 2 fully saturated rings. The van der Waals surface area contributed by atoms with Crippen molar-refractivity contribution in [1.82, 2.24) is 34.4 Å². The smallest absolute Gasteiger partial charge is 0.355 e. The number of anilines is 2. The van der Waals surface area contributed by atoms with Crippen LogP contribution in [0.1, 0.15) is 54.7 Å². The number of carbonyl (C=O) groups is 4. The van der Waals surface area contributed by atoms with Crippen LogP contribution in [0, 0.1) is 5.82 Å². The van der Waals surface area contributed by atoms with Gasteiger partial charge in [0.1, 0.15) is 42.1 Å². The standard InChI is InChI=1S/C43H44FN11O8S5/c1-4-63-50-31(35-49-42(45)68-51-35)36(57)48-32-37(58)55-33(29(21-64-39(32)55)67-43-47-26(20-65-43)23-8-12-52(3)13-9-23)41(60)62-17-7-5-6-16-61-40(59)30-34(56)24-18-25(44)28(53-14-10-46-11-15-53)19-27(24)54-22(2)66-38(30)54/h8-9,12-13,18-20,22,32,39,46H,4-7,10-11,14-17,21H2,1-3H3,(H2-,45,48,49,51,57)/p+1/b50-31+/t22?,32-,39?/m1/s1. The van der Waals surface area contributed by atoms with E-state index in [0.717, 1.165) is 35.9 Å². The SMILES string of the molecule is CCO/N=C(/C(=O)N[C@@H]1C(=O)N2C(C(=O)OCCCCCOC(=O)c3c4n(c5cc(N6CCNCC6)c(F)cc5c3=O)C(C)S4)=C(Sc3nc(-c4cc[n+](C)cc4)cs3)CSC12)c1nsc(N)n1. The molecule has 5 aromatic rings. The van der Waals surface area contributed by atoms with E-state index in [0.29, 0.717) is 63.6 Å². The Morgan fingerprint density at radius 2 is 1.82 bits per heavy atom. The lowest BCUT2D eigenvalue weighted by Gasteiger charge is -2.49. The van der Waals surface area contributed by atoms with Crippen molar-refractivity contribution in [2.24, 2.45) is 12.2 Å². The molecule has 68 heavy (non-hydrogen) atoms. The summed E-state index contributed by atoms with van der Waals surface area (Å²) in [6.45, 7) is 6.54. The van der Waals surface area contributed by atoms with Gasteiger partial charge in [0.25, 0.3) is 11.8 Å². The van der Waals surface area contributed by atoms with Crippen molar-refractivity contribution in [3.8, 4) is 11.3 Å². The predicted molar refractivity (Wildman–Crippen MR) is 258 cm³/mol. The summed E-state index contributed by atoms with van der Waals surface area (Å²) < 4.78 is 35.3. The first-order chi connectivity index (χ1) is 32.9. The molecule has 4 aliphatic rings. The molecule has 1 aromatic carbocycles. The number of pyridine rings is 2. The lowest BCUT2D eigenvalue weighted by Crippen LogP contribution is -2.71. The van der Waals surface area contributed by atoms with Crippen LogP contribution in [0.3, 0.4) is 0 Å². The Labute approximate surface area is 409 Å². The van der Waals surface area contributed by atoms with E-state index in [1.54, 1.807) is 13.0 Å². The molecule has 4 aromatic heterocycles. The lowest BCUT2D eigenvalue weighted by molar-refractivity contribution is -0.671. The van der Waals surface area contributed by atoms with Crippen LogP contribution in [0.5, 0.6) is 0 Å². The highest BCUT2D eigenvalue weighted by molar-refractivity contribution is 8.07. The van der Waals surface area contributed by atoms with E-state index in [1.165, 1.54) is 57.6 Å². The fourth-order valence-corrected chi connectivity index (χ4v) is 13.0. The van der Waals surface area contributed by atoms with Crippen LogP contribution in [0.15, 0.2) is 72.0 Å². The number of nitrogens with zero attached hydrogens (tertiary/aromatic N) is 8. The van der Waals surface area contributed by atoms with Crippen molar-refractivity contribution in [1.29, 1.82) is 0 Å². The molecule has 4 N–H and O–H groups in total. The van der Waals surface area contributed by atoms with Gasteiger partial charge in [-0.05, 0) is 45.2 Å². The molecular weight excluding hydrogens is 978 g/mol.